The van der Waals surface area contributed by atoms with Gasteiger partial charge in [-0.25, -0.2) is 4.39 Å². The molecule has 0 unspecified atom stereocenters. The molecule has 0 bridgehead atoms. The van der Waals surface area contributed by atoms with Gasteiger partial charge in [0.05, 0.1) is 16.8 Å². The van der Waals surface area contributed by atoms with Crippen LogP contribution in [0.15, 0.2) is 42.6 Å². The second-order valence-electron chi connectivity index (χ2n) is 4.53. The molecule has 3 rings (SSSR count). The van der Waals surface area contributed by atoms with Gasteiger partial charge in [0.25, 0.3) is 5.91 Å². The lowest BCUT2D eigenvalue weighted by molar-refractivity contribution is 0.100. The molecule has 0 atom stereocenters. The molecule has 0 saturated heterocycles. The molecule has 0 aliphatic rings. The zero-order valence-electron chi connectivity index (χ0n) is 10.5. The van der Waals surface area contributed by atoms with Crippen molar-refractivity contribution in [2.75, 3.05) is 5.73 Å². The van der Waals surface area contributed by atoms with E-state index in [4.69, 9.17) is 11.5 Å². The number of fused-ring (bicyclic) bond motifs is 1. The number of nitrogens with one attached hydrogen (secondary N) is 1. The normalized spacial score (nSPS) is 10.8. The molecule has 5 N–H and O–H groups in total. The monoisotopic (exact) mass is 269 g/mol. The highest BCUT2D eigenvalue weighted by molar-refractivity contribution is 6.09. The molecule has 20 heavy (non-hydrogen) atoms. The molecule has 5 heteroatoms. The third-order valence-electron chi connectivity index (χ3n) is 3.30. The Bertz CT molecular complexity index is 823. The van der Waals surface area contributed by atoms with Gasteiger partial charge < -0.3 is 16.5 Å². The van der Waals surface area contributed by atoms with Gasteiger partial charge in [0.1, 0.15) is 5.82 Å². The fraction of sp³-hybridized carbons (Fsp3) is 0. The van der Waals surface area contributed by atoms with Crippen LogP contribution in [0.2, 0.25) is 0 Å². The Kier molecular flexibility index (Phi) is 2.68. The smallest absolute Gasteiger partial charge is 0.250 e. The number of anilines is 1. The van der Waals surface area contributed by atoms with Crippen molar-refractivity contribution in [3.63, 3.8) is 0 Å². The highest BCUT2D eigenvalue weighted by Crippen LogP contribution is 2.31. The van der Waals surface area contributed by atoms with Gasteiger partial charge >= 0.3 is 0 Å². The molecule has 2 aromatic carbocycles. The van der Waals surface area contributed by atoms with E-state index in [0.29, 0.717) is 11.1 Å². The second-order valence-corrected chi connectivity index (χ2v) is 4.53. The molecule has 1 heterocycles. The van der Waals surface area contributed by atoms with Crippen molar-refractivity contribution in [1.29, 1.82) is 0 Å². The number of carbonyl (C=O) groups is 1. The van der Waals surface area contributed by atoms with Crippen molar-refractivity contribution in [2.45, 2.75) is 0 Å². The minimum Gasteiger partial charge on any atom is -0.396 e. The minimum atomic E-state index is -0.498. The first kappa shape index (κ1) is 12.2. The summed E-state index contributed by atoms with van der Waals surface area (Å²) in [6.07, 6.45) is 1.73. The van der Waals surface area contributed by atoms with E-state index >= 15 is 0 Å². The fourth-order valence-electron chi connectivity index (χ4n) is 2.32. The van der Waals surface area contributed by atoms with Crippen molar-refractivity contribution in [2.24, 2.45) is 5.73 Å². The maximum Gasteiger partial charge on any atom is 0.250 e. The van der Waals surface area contributed by atoms with Gasteiger partial charge in [-0.3, -0.25) is 4.79 Å². The summed E-state index contributed by atoms with van der Waals surface area (Å²) in [4.78, 5) is 14.4. The van der Waals surface area contributed by atoms with E-state index in [1.165, 1.54) is 6.07 Å². The van der Waals surface area contributed by atoms with E-state index in [0.717, 1.165) is 16.5 Å². The van der Waals surface area contributed by atoms with Gasteiger partial charge in [-0.15, -0.1) is 0 Å². The highest BCUT2D eigenvalue weighted by Gasteiger charge is 2.12. The lowest BCUT2D eigenvalue weighted by Crippen LogP contribution is -2.11. The van der Waals surface area contributed by atoms with E-state index in [1.54, 1.807) is 30.5 Å². The average molecular weight is 269 g/mol. The standard InChI is InChI=1S/C15H12FN3O/c16-12-4-1-8(7-13(12)17)9-2-3-11(15(18)20)14-10(9)5-6-19-14/h1-7,19H,17H2,(H2,18,20). The summed E-state index contributed by atoms with van der Waals surface area (Å²) in [5.74, 6) is -0.949. The van der Waals surface area contributed by atoms with Crippen LogP contribution in [0.25, 0.3) is 22.0 Å². The van der Waals surface area contributed by atoms with Crippen LogP contribution in [-0.4, -0.2) is 10.9 Å². The Labute approximate surface area is 114 Å². The topological polar surface area (TPSA) is 84.9 Å². The Morgan fingerprint density at radius 1 is 1.15 bits per heavy atom. The predicted molar refractivity (Wildman–Crippen MR) is 76.6 cm³/mol. The number of primary amides is 1. The van der Waals surface area contributed by atoms with E-state index in [1.807, 2.05) is 6.07 Å². The molecular formula is C15H12FN3O. The van der Waals surface area contributed by atoms with Crippen molar-refractivity contribution in [1.82, 2.24) is 4.98 Å². The lowest BCUT2D eigenvalue weighted by Gasteiger charge is -2.07. The molecule has 0 spiro atoms. The number of H-pyrrole nitrogens is 1. The van der Waals surface area contributed by atoms with E-state index < -0.39 is 11.7 Å². The number of hydrogen-bond acceptors (Lipinski definition) is 2. The summed E-state index contributed by atoms with van der Waals surface area (Å²) in [6.45, 7) is 0. The van der Waals surface area contributed by atoms with Crippen LogP contribution in [0, 0.1) is 5.82 Å². The van der Waals surface area contributed by atoms with Gasteiger partial charge in [0.2, 0.25) is 0 Å². The number of halogens is 1. The van der Waals surface area contributed by atoms with Crippen molar-refractivity contribution in [3.05, 3.63) is 54.0 Å². The number of rotatable bonds is 2. The van der Waals surface area contributed by atoms with Gasteiger partial charge in [0.15, 0.2) is 0 Å². The molecule has 0 aliphatic carbocycles. The van der Waals surface area contributed by atoms with Crippen LogP contribution >= 0.6 is 0 Å². The van der Waals surface area contributed by atoms with Crippen LogP contribution in [0.1, 0.15) is 10.4 Å². The van der Waals surface area contributed by atoms with Crippen LogP contribution in [-0.2, 0) is 0 Å². The molecule has 4 nitrogen and oxygen atoms in total. The first-order chi connectivity index (χ1) is 9.58. The number of nitrogen functional groups attached to an aromatic ring is 1. The van der Waals surface area contributed by atoms with E-state index in [-0.39, 0.29) is 5.69 Å². The predicted octanol–water partition coefficient (Wildman–Crippen LogP) is 2.66. The summed E-state index contributed by atoms with van der Waals surface area (Å²) in [5.41, 5.74) is 13.8. The van der Waals surface area contributed by atoms with Crippen LogP contribution in [0.5, 0.6) is 0 Å². The third kappa shape index (κ3) is 1.80. The summed E-state index contributed by atoms with van der Waals surface area (Å²) < 4.78 is 13.2. The Morgan fingerprint density at radius 2 is 1.95 bits per heavy atom. The van der Waals surface area contributed by atoms with Crippen molar-refractivity contribution in [3.8, 4) is 11.1 Å². The minimum absolute atomic E-state index is 0.0881. The number of carbonyl (C=O) groups excluding carboxylic acids is 1. The molecule has 1 amide bonds. The molecule has 0 saturated carbocycles. The third-order valence-corrected chi connectivity index (χ3v) is 3.30. The highest BCUT2D eigenvalue weighted by atomic mass is 19.1. The summed E-state index contributed by atoms with van der Waals surface area (Å²) in [7, 11) is 0. The molecule has 0 aliphatic heterocycles. The zero-order chi connectivity index (χ0) is 14.3. The average Bonchev–Trinajstić information content (AvgIpc) is 2.89. The number of nitrogens with two attached hydrogens (primary N) is 2. The SMILES string of the molecule is NC(=O)c1ccc(-c2ccc(F)c(N)c2)c2cc[nH]c12. The second kappa shape index (κ2) is 4.38. The van der Waals surface area contributed by atoms with E-state index in [2.05, 4.69) is 4.98 Å². The number of aromatic nitrogens is 1. The maximum absolute atomic E-state index is 13.2. The quantitative estimate of drug-likeness (QED) is 0.625. The summed E-state index contributed by atoms with van der Waals surface area (Å²) in [6, 6.07) is 9.82. The van der Waals surface area contributed by atoms with Crippen LogP contribution < -0.4 is 11.5 Å². The van der Waals surface area contributed by atoms with Gasteiger partial charge in [-0.2, -0.15) is 0 Å². The first-order valence-electron chi connectivity index (χ1n) is 6.03. The van der Waals surface area contributed by atoms with Crippen LogP contribution in [0.4, 0.5) is 10.1 Å². The number of aromatic amines is 1. The maximum atomic E-state index is 13.2. The largest absolute Gasteiger partial charge is 0.396 e. The van der Waals surface area contributed by atoms with Crippen molar-refractivity contribution >= 4 is 22.5 Å². The summed E-state index contributed by atoms with van der Waals surface area (Å²) in [5, 5.41) is 0.840. The van der Waals surface area contributed by atoms with Gasteiger partial charge in [0, 0.05) is 11.6 Å². The first-order valence-corrected chi connectivity index (χ1v) is 6.03. The zero-order valence-corrected chi connectivity index (χ0v) is 10.5. The van der Waals surface area contributed by atoms with Gasteiger partial charge in [-0.05, 0) is 35.4 Å². The summed E-state index contributed by atoms with van der Waals surface area (Å²) >= 11 is 0. The Balaban J connectivity index is 2.27. The fourth-order valence-corrected chi connectivity index (χ4v) is 2.32. The Hall–Kier alpha value is -2.82. The van der Waals surface area contributed by atoms with Gasteiger partial charge in [-0.1, -0.05) is 12.1 Å². The number of hydrogen-bond donors (Lipinski definition) is 3. The Morgan fingerprint density at radius 3 is 2.65 bits per heavy atom. The molecule has 0 radical (unpaired) electrons. The van der Waals surface area contributed by atoms with Crippen molar-refractivity contribution < 1.29 is 9.18 Å². The lowest BCUT2D eigenvalue weighted by atomic mass is 9.98. The number of amides is 1. The van der Waals surface area contributed by atoms with Crippen LogP contribution in [0.3, 0.4) is 0 Å². The molecule has 1 aromatic heterocycles. The molecule has 100 valence electrons. The van der Waals surface area contributed by atoms with E-state index in [9.17, 15) is 9.18 Å². The molecule has 0 fully saturated rings. The number of benzene rings is 2. The molecule has 3 aromatic rings. The molecular weight excluding hydrogens is 257 g/mol.